The highest BCUT2D eigenvalue weighted by Gasteiger charge is 2.06. The summed E-state index contributed by atoms with van der Waals surface area (Å²) in [6.07, 6.45) is 3.48. The van der Waals surface area contributed by atoms with E-state index < -0.39 is 0 Å². The molecule has 0 saturated carbocycles. The van der Waals surface area contributed by atoms with Gasteiger partial charge in [0.1, 0.15) is 0 Å². The van der Waals surface area contributed by atoms with Gasteiger partial charge in [-0.25, -0.2) is 0 Å². The molecule has 0 aliphatic carbocycles. The van der Waals surface area contributed by atoms with E-state index in [4.69, 9.17) is 5.73 Å². The van der Waals surface area contributed by atoms with E-state index in [9.17, 15) is 0 Å². The number of hydrogen-bond donors (Lipinski definition) is 1. The zero-order valence-electron chi connectivity index (χ0n) is 10.2. The van der Waals surface area contributed by atoms with Crippen LogP contribution in [-0.4, -0.2) is 6.04 Å². The summed E-state index contributed by atoms with van der Waals surface area (Å²) in [4.78, 5) is 0. The predicted molar refractivity (Wildman–Crippen MR) is 66.9 cm³/mol. The Hall–Kier alpha value is -0.820. The topological polar surface area (TPSA) is 26.0 Å². The van der Waals surface area contributed by atoms with Crippen LogP contribution in [0, 0.1) is 12.8 Å². The summed E-state index contributed by atoms with van der Waals surface area (Å²) in [5.74, 6) is 0.600. The largest absolute Gasteiger partial charge is 0.327 e. The van der Waals surface area contributed by atoms with Gasteiger partial charge in [0.15, 0.2) is 0 Å². The van der Waals surface area contributed by atoms with E-state index in [-0.39, 0.29) is 0 Å². The number of nitrogens with two attached hydrogens (primary N) is 1. The van der Waals surface area contributed by atoms with Crippen molar-refractivity contribution in [3.05, 3.63) is 35.4 Å². The lowest BCUT2D eigenvalue weighted by atomic mass is 9.97. The smallest absolute Gasteiger partial charge is 0.00620 e. The maximum absolute atomic E-state index is 6.01. The molecule has 1 rings (SSSR count). The first kappa shape index (κ1) is 12.3. The van der Waals surface area contributed by atoms with Crippen molar-refractivity contribution in [2.24, 2.45) is 11.7 Å². The van der Waals surface area contributed by atoms with Crippen LogP contribution < -0.4 is 5.73 Å². The van der Waals surface area contributed by atoms with E-state index in [1.165, 1.54) is 17.5 Å². The molecule has 0 aromatic heterocycles. The molecule has 1 unspecified atom stereocenters. The van der Waals surface area contributed by atoms with Crippen molar-refractivity contribution in [2.75, 3.05) is 0 Å². The normalized spacial score (nSPS) is 13.1. The highest BCUT2D eigenvalue weighted by Crippen LogP contribution is 2.11. The van der Waals surface area contributed by atoms with Gasteiger partial charge >= 0.3 is 0 Å². The Bertz CT molecular complexity index is 291. The molecule has 1 aromatic rings. The number of aryl methyl sites for hydroxylation is 2. The zero-order chi connectivity index (χ0) is 11.3. The van der Waals surface area contributed by atoms with E-state index in [2.05, 4.69) is 45.0 Å². The van der Waals surface area contributed by atoms with Gasteiger partial charge in [0.2, 0.25) is 0 Å². The molecule has 2 N–H and O–H groups in total. The molecule has 0 radical (unpaired) electrons. The van der Waals surface area contributed by atoms with Gasteiger partial charge in [-0.2, -0.15) is 0 Å². The Morgan fingerprint density at radius 1 is 1.27 bits per heavy atom. The highest BCUT2D eigenvalue weighted by molar-refractivity contribution is 5.22. The van der Waals surface area contributed by atoms with Crippen molar-refractivity contribution in [1.82, 2.24) is 0 Å². The minimum atomic E-state index is 0.356. The van der Waals surface area contributed by atoms with Crippen LogP contribution in [0.15, 0.2) is 24.3 Å². The molecule has 1 heteroatoms. The van der Waals surface area contributed by atoms with Crippen molar-refractivity contribution in [3.63, 3.8) is 0 Å². The van der Waals surface area contributed by atoms with Crippen LogP contribution in [0.5, 0.6) is 0 Å². The van der Waals surface area contributed by atoms with Gasteiger partial charge in [-0.15, -0.1) is 0 Å². The predicted octanol–water partition coefficient (Wildman–Crippen LogP) is 3.30. The van der Waals surface area contributed by atoms with Gasteiger partial charge in [0.25, 0.3) is 0 Å². The summed E-state index contributed by atoms with van der Waals surface area (Å²) in [6.45, 7) is 6.53. The molecular weight excluding hydrogens is 182 g/mol. The minimum Gasteiger partial charge on any atom is -0.327 e. The number of hydrogen-bond acceptors (Lipinski definition) is 1. The first-order valence-electron chi connectivity index (χ1n) is 5.90. The summed E-state index contributed by atoms with van der Waals surface area (Å²) in [7, 11) is 0. The highest BCUT2D eigenvalue weighted by atomic mass is 14.6. The molecular formula is C14H23N. The summed E-state index contributed by atoms with van der Waals surface area (Å²) in [5.41, 5.74) is 8.79. The van der Waals surface area contributed by atoms with Gasteiger partial charge < -0.3 is 5.73 Å². The molecule has 1 atom stereocenters. The molecule has 0 fully saturated rings. The molecule has 1 nitrogen and oxygen atoms in total. The molecule has 0 aliphatic rings. The van der Waals surface area contributed by atoms with Crippen molar-refractivity contribution >= 4 is 0 Å². The molecule has 0 aliphatic heterocycles. The van der Waals surface area contributed by atoms with E-state index >= 15 is 0 Å². The van der Waals surface area contributed by atoms with Gasteiger partial charge in [-0.05, 0) is 37.7 Å². The van der Waals surface area contributed by atoms with E-state index in [0.29, 0.717) is 12.0 Å². The Balaban J connectivity index is 2.32. The summed E-state index contributed by atoms with van der Waals surface area (Å²) in [6, 6.07) is 9.10. The summed E-state index contributed by atoms with van der Waals surface area (Å²) >= 11 is 0. The SMILES string of the molecule is Cc1cccc(CCCC(N)C(C)C)c1. The molecule has 1 aromatic carbocycles. The average molecular weight is 205 g/mol. The Labute approximate surface area is 93.7 Å². The Kier molecular flexibility index (Phi) is 4.83. The van der Waals surface area contributed by atoms with Crippen LogP contribution in [0.4, 0.5) is 0 Å². The van der Waals surface area contributed by atoms with Crippen LogP contribution in [0.3, 0.4) is 0 Å². The van der Waals surface area contributed by atoms with E-state index in [0.717, 1.165) is 12.8 Å². The molecule has 0 heterocycles. The van der Waals surface area contributed by atoms with Crippen molar-refractivity contribution in [2.45, 2.75) is 46.1 Å². The van der Waals surface area contributed by atoms with Crippen molar-refractivity contribution in [1.29, 1.82) is 0 Å². The van der Waals surface area contributed by atoms with Crippen LogP contribution >= 0.6 is 0 Å². The third kappa shape index (κ3) is 4.48. The lowest BCUT2D eigenvalue weighted by molar-refractivity contribution is 0.452. The second-order valence-corrected chi connectivity index (χ2v) is 4.79. The van der Waals surface area contributed by atoms with Crippen LogP contribution in [0.1, 0.15) is 37.8 Å². The van der Waals surface area contributed by atoms with Gasteiger partial charge in [-0.3, -0.25) is 0 Å². The second-order valence-electron chi connectivity index (χ2n) is 4.79. The fraction of sp³-hybridized carbons (Fsp3) is 0.571. The lowest BCUT2D eigenvalue weighted by Gasteiger charge is -2.15. The first-order chi connectivity index (χ1) is 7.09. The molecule has 0 spiro atoms. The third-order valence-corrected chi connectivity index (χ3v) is 2.94. The Morgan fingerprint density at radius 2 is 2.00 bits per heavy atom. The third-order valence-electron chi connectivity index (χ3n) is 2.94. The second kappa shape index (κ2) is 5.92. The van der Waals surface area contributed by atoms with E-state index in [1.54, 1.807) is 0 Å². The molecule has 15 heavy (non-hydrogen) atoms. The van der Waals surface area contributed by atoms with Crippen molar-refractivity contribution in [3.8, 4) is 0 Å². The summed E-state index contributed by atoms with van der Waals surface area (Å²) < 4.78 is 0. The molecule has 84 valence electrons. The number of benzene rings is 1. The molecule has 0 amide bonds. The van der Waals surface area contributed by atoms with E-state index in [1.807, 2.05) is 0 Å². The fourth-order valence-electron chi connectivity index (χ4n) is 1.74. The molecule has 0 saturated heterocycles. The minimum absolute atomic E-state index is 0.356. The van der Waals surface area contributed by atoms with Crippen LogP contribution in [0.2, 0.25) is 0 Å². The maximum atomic E-state index is 6.01. The number of rotatable bonds is 5. The quantitative estimate of drug-likeness (QED) is 0.784. The Morgan fingerprint density at radius 3 is 2.60 bits per heavy atom. The lowest BCUT2D eigenvalue weighted by Crippen LogP contribution is -2.26. The standard InChI is InChI=1S/C14H23N/c1-11(2)14(15)9-5-8-13-7-4-6-12(3)10-13/h4,6-7,10-11,14H,5,8-9,15H2,1-3H3. The van der Waals surface area contributed by atoms with Crippen molar-refractivity contribution < 1.29 is 0 Å². The maximum Gasteiger partial charge on any atom is 0.00620 e. The molecule has 0 bridgehead atoms. The van der Waals surface area contributed by atoms with Gasteiger partial charge in [0, 0.05) is 6.04 Å². The monoisotopic (exact) mass is 205 g/mol. The average Bonchev–Trinajstić information content (AvgIpc) is 2.17. The van der Waals surface area contributed by atoms with Gasteiger partial charge in [-0.1, -0.05) is 43.7 Å². The zero-order valence-corrected chi connectivity index (χ0v) is 10.2. The first-order valence-corrected chi connectivity index (χ1v) is 5.90. The van der Waals surface area contributed by atoms with Gasteiger partial charge in [0.05, 0.1) is 0 Å². The summed E-state index contributed by atoms with van der Waals surface area (Å²) in [5, 5.41) is 0. The fourth-order valence-corrected chi connectivity index (χ4v) is 1.74. The van der Waals surface area contributed by atoms with Crippen LogP contribution in [0.25, 0.3) is 0 Å². The van der Waals surface area contributed by atoms with Crippen LogP contribution in [-0.2, 0) is 6.42 Å².